The summed E-state index contributed by atoms with van der Waals surface area (Å²) in [5.41, 5.74) is 2.29. The van der Waals surface area contributed by atoms with Crippen LogP contribution >= 0.6 is 24.0 Å². The maximum atomic E-state index is 5.82. The molecular weight excluding hydrogens is 453 g/mol. The van der Waals surface area contributed by atoms with Gasteiger partial charge in [-0.25, -0.2) is 4.99 Å². The van der Waals surface area contributed by atoms with E-state index < -0.39 is 0 Å². The SMILES string of the molecule is CCNC(=NCc1ccc(OCc2ccccc2)cc1)NC(C)COC.I. The number of guanidine groups is 1. The molecule has 0 aromatic heterocycles. The van der Waals surface area contributed by atoms with E-state index in [1.807, 2.05) is 42.5 Å². The topological polar surface area (TPSA) is 54.9 Å². The van der Waals surface area contributed by atoms with Gasteiger partial charge in [-0.15, -0.1) is 24.0 Å². The fourth-order valence-corrected chi connectivity index (χ4v) is 2.45. The van der Waals surface area contributed by atoms with Crippen LogP contribution in [0.15, 0.2) is 59.6 Å². The van der Waals surface area contributed by atoms with E-state index in [9.17, 15) is 0 Å². The number of nitrogens with zero attached hydrogens (tertiary/aromatic N) is 1. The summed E-state index contributed by atoms with van der Waals surface area (Å²) in [4.78, 5) is 4.63. The largest absolute Gasteiger partial charge is 0.489 e. The number of benzene rings is 2. The van der Waals surface area contributed by atoms with E-state index in [1.165, 1.54) is 0 Å². The van der Waals surface area contributed by atoms with E-state index >= 15 is 0 Å². The molecule has 5 nitrogen and oxygen atoms in total. The molecule has 2 rings (SSSR count). The molecule has 0 aliphatic heterocycles. The first-order valence-electron chi connectivity index (χ1n) is 9.00. The molecule has 148 valence electrons. The molecule has 0 amide bonds. The van der Waals surface area contributed by atoms with Gasteiger partial charge in [0.2, 0.25) is 0 Å². The van der Waals surface area contributed by atoms with Crippen LogP contribution in [0.2, 0.25) is 0 Å². The number of ether oxygens (including phenoxy) is 2. The standard InChI is InChI=1S/C21H29N3O2.HI/c1-4-22-21(24-17(2)15-25-3)23-14-18-10-12-20(13-11-18)26-16-19-8-6-5-7-9-19;/h5-13,17H,4,14-16H2,1-3H3,(H2,22,23,24);1H. The van der Waals surface area contributed by atoms with E-state index in [1.54, 1.807) is 7.11 Å². The summed E-state index contributed by atoms with van der Waals surface area (Å²) in [6.07, 6.45) is 0. The minimum atomic E-state index is 0. The second kappa shape index (κ2) is 13.4. The van der Waals surface area contributed by atoms with Crippen molar-refractivity contribution in [2.75, 3.05) is 20.3 Å². The van der Waals surface area contributed by atoms with E-state index in [4.69, 9.17) is 9.47 Å². The summed E-state index contributed by atoms with van der Waals surface area (Å²) in [7, 11) is 1.70. The minimum absolute atomic E-state index is 0. The Morgan fingerprint density at radius 1 is 1.04 bits per heavy atom. The van der Waals surface area contributed by atoms with Gasteiger partial charge in [0.1, 0.15) is 12.4 Å². The highest BCUT2D eigenvalue weighted by Gasteiger charge is 2.04. The quantitative estimate of drug-likeness (QED) is 0.322. The molecule has 6 heteroatoms. The number of aliphatic imine (C=N–C) groups is 1. The first kappa shape index (κ1) is 23.2. The average molecular weight is 483 g/mol. The molecule has 0 bridgehead atoms. The van der Waals surface area contributed by atoms with Crippen LogP contribution in [0.1, 0.15) is 25.0 Å². The van der Waals surface area contributed by atoms with Crippen LogP contribution in [-0.2, 0) is 17.9 Å². The molecule has 0 aliphatic carbocycles. The zero-order valence-corrected chi connectivity index (χ0v) is 18.6. The van der Waals surface area contributed by atoms with Gasteiger partial charge in [-0.3, -0.25) is 0 Å². The molecule has 27 heavy (non-hydrogen) atoms. The van der Waals surface area contributed by atoms with Gasteiger partial charge in [-0.1, -0.05) is 42.5 Å². The predicted octanol–water partition coefficient (Wildman–Crippen LogP) is 3.97. The van der Waals surface area contributed by atoms with Crippen LogP contribution < -0.4 is 15.4 Å². The van der Waals surface area contributed by atoms with Crippen LogP contribution in [-0.4, -0.2) is 32.3 Å². The molecule has 0 heterocycles. The minimum Gasteiger partial charge on any atom is -0.489 e. The Bertz CT molecular complexity index is 663. The van der Waals surface area contributed by atoms with Gasteiger partial charge in [0.05, 0.1) is 13.2 Å². The Kier molecular flexibility index (Phi) is 11.5. The summed E-state index contributed by atoms with van der Waals surface area (Å²) in [6.45, 7) is 6.75. The summed E-state index contributed by atoms with van der Waals surface area (Å²) >= 11 is 0. The number of halogens is 1. The van der Waals surface area contributed by atoms with Gasteiger partial charge in [0, 0.05) is 19.7 Å². The van der Waals surface area contributed by atoms with Gasteiger partial charge in [-0.2, -0.15) is 0 Å². The van der Waals surface area contributed by atoms with Crippen molar-refractivity contribution in [3.05, 3.63) is 65.7 Å². The van der Waals surface area contributed by atoms with E-state index in [0.29, 0.717) is 19.8 Å². The smallest absolute Gasteiger partial charge is 0.191 e. The van der Waals surface area contributed by atoms with Crippen LogP contribution in [0, 0.1) is 0 Å². The molecule has 2 aromatic carbocycles. The molecule has 0 fully saturated rings. The van der Waals surface area contributed by atoms with Crippen LogP contribution in [0.4, 0.5) is 0 Å². The number of hydrogen-bond donors (Lipinski definition) is 2. The summed E-state index contributed by atoms with van der Waals surface area (Å²) < 4.78 is 11.0. The Morgan fingerprint density at radius 3 is 2.37 bits per heavy atom. The normalized spacial score (nSPS) is 12.0. The summed E-state index contributed by atoms with van der Waals surface area (Å²) in [5, 5.41) is 6.58. The van der Waals surface area contributed by atoms with Crippen LogP contribution in [0.25, 0.3) is 0 Å². The predicted molar refractivity (Wildman–Crippen MR) is 122 cm³/mol. The first-order chi connectivity index (χ1) is 12.7. The Balaban J connectivity index is 0.00000364. The fourth-order valence-electron chi connectivity index (χ4n) is 2.45. The van der Waals surface area contributed by atoms with E-state index in [-0.39, 0.29) is 30.0 Å². The monoisotopic (exact) mass is 483 g/mol. The molecule has 0 saturated heterocycles. The summed E-state index contributed by atoms with van der Waals surface area (Å²) in [6, 6.07) is 18.4. The van der Waals surface area contributed by atoms with Crippen molar-refractivity contribution < 1.29 is 9.47 Å². The third-order valence-corrected chi connectivity index (χ3v) is 3.74. The molecule has 0 aliphatic rings. The van der Waals surface area contributed by atoms with Gasteiger partial charge in [0.15, 0.2) is 5.96 Å². The lowest BCUT2D eigenvalue weighted by Gasteiger charge is -2.17. The zero-order valence-electron chi connectivity index (χ0n) is 16.3. The number of methoxy groups -OCH3 is 1. The van der Waals surface area contributed by atoms with Gasteiger partial charge >= 0.3 is 0 Å². The molecule has 1 unspecified atom stereocenters. The maximum Gasteiger partial charge on any atom is 0.191 e. The number of nitrogens with one attached hydrogen (secondary N) is 2. The van der Waals surface area contributed by atoms with Crippen molar-refractivity contribution >= 4 is 29.9 Å². The second-order valence-electron chi connectivity index (χ2n) is 6.11. The van der Waals surface area contributed by atoms with Crippen molar-refractivity contribution in [2.45, 2.75) is 33.0 Å². The number of hydrogen-bond acceptors (Lipinski definition) is 3. The lowest BCUT2D eigenvalue weighted by Crippen LogP contribution is -2.43. The van der Waals surface area contributed by atoms with Crippen molar-refractivity contribution in [3.63, 3.8) is 0 Å². The third-order valence-electron chi connectivity index (χ3n) is 3.74. The maximum absolute atomic E-state index is 5.82. The Morgan fingerprint density at radius 2 is 1.74 bits per heavy atom. The third kappa shape index (κ3) is 9.10. The van der Waals surface area contributed by atoms with Gasteiger partial charge < -0.3 is 20.1 Å². The fraction of sp³-hybridized carbons (Fsp3) is 0.381. The van der Waals surface area contributed by atoms with Crippen LogP contribution in [0.3, 0.4) is 0 Å². The van der Waals surface area contributed by atoms with Crippen molar-refractivity contribution in [1.29, 1.82) is 0 Å². The highest BCUT2D eigenvalue weighted by molar-refractivity contribution is 14.0. The Hall–Kier alpha value is -1.80. The molecule has 0 radical (unpaired) electrons. The number of rotatable bonds is 9. The lowest BCUT2D eigenvalue weighted by molar-refractivity contribution is 0.179. The van der Waals surface area contributed by atoms with E-state index in [2.05, 4.69) is 41.6 Å². The molecule has 1 atom stereocenters. The highest BCUT2D eigenvalue weighted by atomic mass is 127. The lowest BCUT2D eigenvalue weighted by atomic mass is 10.2. The second-order valence-corrected chi connectivity index (χ2v) is 6.11. The summed E-state index contributed by atoms with van der Waals surface area (Å²) in [5.74, 6) is 1.65. The molecule has 0 spiro atoms. The average Bonchev–Trinajstić information content (AvgIpc) is 2.66. The molecule has 2 N–H and O–H groups in total. The van der Waals surface area contributed by atoms with Gasteiger partial charge in [-0.05, 0) is 37.1 Å². The highest BCUT2D eigenvalue weighted by Crippen LogP contribution is 2.14. The van der Waals surface area contributed by atoms with Crippen molar-refractivity contribution in [3.8, 4) is 5.75 Å². The molecule has 2 aromatic rings. The molecular formula is C21H30IN3O2. The van der Waals surface area contributed by atoms with Crippen molar-refractivity contribution in [2.24, 2.45) is 4.99 Å². The van der Waals surface area contributed by atoms with Crippen molar-refractivity contribution in [1.82, 2.24) is 10.6 Å². The molecule has 0 saturated carbocycles. The zero-order chi connectivity index (χ0) is 18.6. The first-order valence-corrected chi connectivity index (χ1v) is 9.00. The van der Waals surface area contributed by atoms with Gasteiger partial charge in [0.25, 0.3) is 0 Å². The Labute approximate surface area is 179 Å². The van der Waals surface area contributed by atoms with E-state index in [0.717, 1.165) is 29.4 Å². The van der Waals surface area contributed by atoms with Crippen LogP contribution in [0.5, 0.6) is 5.75 Å².